The van der Waals surface area contributed by atoms with Crippen LogP contribution < -0.4 is 4.90 Å². The highest BCUT2D eigenvalue weighted by molar-refractivity contribution is 5.80. The standard InChI is InChI=1S/C20H24N4O/c25-19(24-14-5-10-18(24)16-7-2-1-3-8-16)17-9-4-13-23(15-17)20-21-11-6-12-22-20/h1-3,6-8,11-12,17-18H,4-5,9-10,13-15H2/t17-,18-/m0/s1. The van der Waals surface area contributed by atoms with Gasteiger partial charge in [0.15, 0.2) is 0 Å². The average Bonchev–Trinajstić information content (AvgIpc) is 3.19. The Morgan fingerprint density at radius 3 is 2.52 bits per heavy atom. The van der Waals surface area contributed by atoms with Crippen molar-refractivity contribution in [1.29, 1.82) is 0 Å². The number of piperidine rings is 1. The Kier molecular flexibility index (Phi) is 4.63. The van der Waals surface area contributed by atoms with Crippen LogP contribution in [0.15, 0.2) is 48.8 Å². The summed E-state index contributed by atoms with van der Waals surface area (Å²) < 4.78 is 0. The second kappa shape index (κ2) is 7.21. The smallest absolute Gasteiger partial charge is 0.227 e. The molecule has 0 unspecified atom stereocenters. The van der Waals surface area contributed by atoms with Gasteiger partial charge in [-0.05, 0) is 37.3 Å². The fraction of sp³-hybridized carbons (Fsp3) is 0.450. The van der Waals surface area contributed by atoms with Crippen molar-refractivity contribution < 1.29 is 4.79 Å². The molecule has 0 radical (unpaired) electrons. The Morgan fingerprint density at radius 2 is 1.72 bits per heavy atom. The van der Waals surface area contributed by atoms with Gasteiger partial charge in [0, 0.05) is 32.0 Å². The van der Waals surface area contributed by atoms with E-state index < -0.39 is 0 Å². The van der Waals surface area contributed by atoms with Crippen LogP contribution in [0.2, 0.25) is 0 Å². The van der Waals surface area contributed by atoms with Gasteiger partial charge in [-0.2, -0.15) is 0 Å². The van der Waals surface area contributed by atoms with E-state index in [4.69, 9.17) is 0 Å². The van der Waals surface area contributed by atoms with Crippen LogP contribution in [0.25, 0.3) is 0 Å². The SMILES string of the molecule is O=C([C@H]1CCCN(c2ncccn2)C1)N1CCC[C@H]1c1ccccc1. The lowest BCUT2D eigenvalue weighted by Crippen LogP contribution is -2.45. The van der Waals surface area contributed by atoms with Crippen molar-refractivity contribution in [3.63, 3.8) is 0 Å². The molecule has 1 aromatic carbocycles. The van der Waals surface area contributed by atoms with Gasteiger partial charge < -0.3 is 9.80 Å². The van der Waals surface area contributed by atoms with Gasteiger partial charge in [-0.15, -0.1) is 0 Å². The molecular weight excluding hydrogens is 312 g/mol. The van der Waals surface area contributed by atoms with Gasteiger partial charge in [-0.25, -0.2) is 9.97 Å². The minimum Gasteiger partial charge on any atom is -0.340 e. The third-order valence-electron chi connectivity index (χ3n) is 5.33. The van der Waals surface area contributed by atoms with E-state index in [0.29, 0.717) is 5.91 Å². The highest BCUT2D eigenvalue weighted by atomic mass is 16.2. The number of amides is 1. The zero-order valence-electron chi connectivity index (χ0n) is 14.4. The minimum atomic E-state index is 0.0434. The molecule has 130 valence electrons. The molecule has 2 aromatic rings. The van der Waals surface area contributed by atoms with E-state index in [2.05, 4.69) is 44.0 Å². The fourth-order valence-corrected chi connectivity index (χ4v) is 4.10. The summed E-state index contributed by atoms with van der Waals surface area (Å²) in [5.41, 5.74) is 1.26. The van der Waals surface area contributed by atoms with Gasteiger partial charge in [0.05, 0.1) is 12.0 Å². The highest BCUT2D eigenvalue weighted by Gasteiger charge is 2.36. The Morgan fingerprint density at radius 1 is 0.960 bits per heavy atom. The predicted octanol–water partition coefficient (Wildman–Crippen LogP) is 3.06. The maximum absolute atomic E-state index is 13.2. The molecule has 1 amide bonds. The lowest BCUT2D eigenvalue weighted by atomic mass is 9.95. The molecule has 2 aliphatic rings. The number of aromatic nitrogens is 2. The summed E-state index contributed by atoms with van der Waals surface area (Å²) in [4.78, 5) is 26.2. The van der Waals surface area contributed by atoms with Crippen molar-refractivity contribution in [2.75, 3.05) is 24.5 Å². The Balaban J connectivity index is 1.48. The number of nitrogens with zero attached hydrogens (tertiary/aromatic N) is 4. The summed E-state index contributed by atoms with van der Waals surface area (Å²) in [6.45, 7) is 2.52. The van der Waals surface area contributed by atoms with Crippen LogP contribution in [0, 0.1) is 5.92 Å². The van der Waals surface area contributed by atoms with E-state index in [1.807, 2.05) is 12.1 Å². The third kappa shape index (κ3) is 3.36. The largest absolute Gasteiger partial charge is 0.340 e. The van der Waals surface area contributed by atoms with Crippen molar-refractivity contribution in [3.05, 3.63) is 54.4 Å². The van der Waals surface area contributed by atoms with Gasteiger partial charge >= 0.3 is 0 Å². The number of carbonyl (C=O) groups excluding carboxylic acids is 1. The first-order valence-corrected chi connectivity index (χ1v) is 9.20. The highest BCUT2D eigenvalue weighted by Crippen LogP contribution is 2.34. The molecule has 0 spiro atoms. The molecule has 0 bridgehead atoms. The minimum absolute atomic E-state index is 0.0434. The molecular formula is C20H24N4O. The molecule has 0 N–H and O–H groups in total. The van der Waals surface area contributed by atoms with Crippen LogP contribution in [0.5, 0.6) is 0 Å². The van der Waals surface area contributed by atoms with Crippen LogP contribution in [0.3, 0.4) is 0 Å². The van der Waals surface area contributed by atoms with Crippen LogP contribution in [-0.2, 0) is 4.79 Å². The number of anilines is 1. The van der Waals surface area contributed by atoms with Crippen molar-refractivity contribution in [1.82, 2.24) is 14.9 Å². The van der Waals surface area contributed by atoms with Crippen LogP contribution in [0.4, 0.5) is 5.95 Å². The second-order valence-corrected chi connectivity index (χ2v) is 6.93. The molecule has 2 atom stereocenters. The maximum atomic E-state index is 13.2. The maximum Gasteiger partial charge on any atom is 0.227 e. The van der Waals surface area contributed by atoms with Crippen LogP contribution >= 0.6 is 0 Å². The number of hydrogen-bond donors (Lipinski definition) is 0. The first-order chi connectivity index (χ1) is 12.3. The summed E-state index contributed by atoms with van der Waals surface area (Å²) in [7, 11) is 0. The molecule has 5 nitrogen and oxygen atoms in total. The van der Waals surface area contributed by atoms with Gasteiger partial charge in [0.1, 0.15) is 0 Å². The third-order valence-corrected chi connectivity index (χ3v) is 5.33. The molecule has 2 saturated heterocycles. The van der Waals surface area contributed by atoms with Gasteiger partial charge in [0.25, 0.3) is 0 Å². The molecule has 2 fully saturated rings. The summed E-state index contributed by atoms with van der Waals surface area (Å²) in [6.07, 6.45) is 7.65. The number of carbonyl (C=O) groups is 1. The summed E-state index contributed by atoms with van der Waals surface area (Å²) in [5, 5.41) is 0. The summed E-state index contributed by atoms with van der Waals surface area (Å²) in [5.74, 6) is 1.08. The molecule has 2 aliphatic heterocycles. The number of likely N-dealkylation sites (tertiary alicyclic amines) is 1. The molecule has 3 heterocycles. The van der Waals surface area contributed by atoms with Gasteiger partial charge in [0.2, 0.25) is 11.9 Å². The molecule has 0 aliphatic carbocycles. The second-order valence-electron chi connectivity index (χ2n) is 6.93. The van der Waals surface area contributed by atoms with E-state index >= 15 is 0 Å². The van der Waals surface area contributed by atoms with E-state index in [0.717, 1.165) is 51.3 Å². The average molecular weight is 336 g/mol. The monoisotopic (exact) mass is 336 g/mol. The van der Waals surface area contributed by atoms with Crippen molar-refractivity contribution in [3.8, 4) is 0 Å². The summed E-state index contributed by atoms with van der Waals surface area (Å²) in [6, 6.07) is 12.5. The Hall–Kier alpha value is -2.43. The van der Waals surface area contributed by atoms with Crippen molar-refractivity contribution >= 4 is 11.9 Å². The zero-order chi connectivity index (χ0) is 17.1. The lowest BCUT2D eigenvalue weighted by Gasteiger charge is -2.35. The van der Waals surface area contributed by atoms with Gasteiger partial charge in [-0.3, -0.25) is 4.79 Å². The zero-order valence-corrected chi connectivity index (χ0v) is 14.4. The topological polar surface area (TPSA) is 49.3 Å². The first-order valence-electron chi connectivity index (χ1n) is 9.20. The Labute approximate surface area is 148 Å². The number of benzene rings is 1. The van der Waals surface area contributed by atoms with Crippen LogP contribution in [0.1, 0.15) is 37.3 Å². The predicted molar refractivity (Wildman–Crippen MR) is 97.1 cm³/mol. The number of rotatable bonds is 3. The fourth-order valence-electron chi connectivity index (χ4n) is 4.10. The lowest BCUT2D eigenvalue weighted by molar-refractivity contribution is -0.136. The van der Waals surface area contributed by atoms with E-state index in [-0.39, 0.29) is 12.0 Å². The van der Waals surface area contributed by atoms with Crippen LogP contribution in [-0.4, -0.2) is 40.4 Å². The molecule has 1 aromatic heterocycles. The molecule has 5 heteroatoms. The van der Waals surface area contributed by atoms with E-state index in [9.17, 15) is 4.79 Å². The van der Waals surface area contributed by atoms with E-state index in [1.165, 1.54) is 5.56 Å². The van der Waals surface area contributed by atoms with E-state index in [1.54, 1.807) is 12.4 Å². The first kappa shape index (κ1) is 16.1. The molecule has 0 saturated carbocycles. The summed E-state index contributed by atoms with van der Waals surface area (Å²) >= 11 is 0. The van der Waals surface area contributed by atoms with Crippen molar-refractivity contribution in [2.45, 2.75) is 31.7 Å². The molecule has 25 heavy (non-hydrogen) atoms. The normalized spacial score (nSPS) is 23.7. The van der Waals surface area contributed by atoms with Gasteiger partial charge in [-0.1, -0.05) is 30.3 Å². The Bertz CT molecular complexity index is 706. The molecule has 4 rings (SSSR count). The van der Waals surface area contributed by atoms with Crippen molar-refractivity contribution in [2.24, 2.45) is 5.92 Å². The quantitative estimate of drug-likeness (QED) is 0.864. The number of hydrogen-bond acceptors (Lipinski definition) is 4.